The van der Waals surface area contributed by atoms with Gasteiger partial charge < -0.3 is 10.6 Å². The van der Waals surface area contributed by atoms with Crippen LogP contribution in [0.1, 0.15) is 26.7 Å². The second-order valence-electron chi connectivity index (χ2n) is 5.41. The molecular formula is C12H21N5O3S2. The number of nitrogens with two attached hydrogens (primary N) is 1. The molecule has 2 atom stereocenters. The highest BCUT2D eigenvalue weighted by molar-refractivity contribution is 7.99. The fourth-order valence-corrected chi connectivity index (χ4v) is 4.91. The van der Waals surface area contributed by atoms with E-state index in [9.17, 15) is 13.2 Å². The monoisotopic (exact) mass is 347 g/mol. The molecule has 2 rings (SSSR count). The Labute approximate surface area is 134 Å². The van der Waals surface area contributed by atoms with E-state index in [0.717, 1.165) is 6.42 Å². The molecule has 2 heterocycles. The van der Waals surface area contributed by atoms with Gasteiger partial charge in [0.2, 0.25) is 17.0 Å². The molecule has 22 heavy (non-hydrogen) atoms. The van der Waals surface area contributed by atoms with Gasteiger partial charge >= 0.3 is 0 Å². The summed E-state index contributed by atoms with van der Waals surface area (Å²) < 4.78 is 23.4. The molecule has 124 valence electrons. The minimum Gasteiger partial charge on any atom is -0.368 e. The van der Waals surface area contributed by atoms with Gasteiger partial charge in [-0.05, 0) is 19.8 Å². The average molecular weight is 347 g/mol. The molecule has 1 fully saturated rings. The standard InChI is InChI=1S/C12H21N5O3S2/c1-3-8(2)17(9-4-5-22(19,20)7-9)10(18)6-21-12-14-11(13)15-16-12/h8-9H,3-7H2,1-2H3,(H3,13,14,15,16)/t8-,9-/m1/s1. The number of nitrogens with one attached hydrogen (secondary N) is 1. The summed E-state index contributed by atoms with van der Waals surface area (Å²) >= 11 is 1.19. The highest BCUT2D eigenvalue weighted by atomic mass is 32.2. The molecule has 0 saturated carbocycles. The molecule has 0 radical (unpaired) electrons. The highest BCUT2D eigenvalue weighted by Crippen LogP contribution is 2.23. The van der Waals surface area contributed by atoms with Crippen molar-refractivity contribution < 1.29 is 13.2 Å². The third kappa shape index (κ3) is 4.13. The normalized spacial score (nSPS) is 21.6. The van der Waals surface area contributed by atoms with E-state index >= 15 is 0 Å². The van der Waals surface area contributed by atoms with Gasteiger partial charge in [0.15, 0.2) is 9.84 Å². The zero-order valence-corrected chi connectivity index (χ0v) is 14.3. The maximum absolute atomic E-state index is 12.5. The SMILES string of the molecule is CC[C@@H](C)N(C(=O)CSc1n[nH]c(N)n1)[C@@H]1CCS(=O)(=O)C1. The van der Waals surface area contributed by atoms with Gasteiger partial charge in [-0.1, -0.05) is 18.7 Å². The van der Waals surface area contributed by atoms with E-state index < -0.39 is 9.84 Å². The number of anilines is 1. The fraction of sp³-hybridized carbons (Fsp3) is 0.750. The lowest BCUT2D eigenvalue weighted by Crippen LogP contribution is -2.47. The van der Waals surface area contributed by atoms with Crippen LogP contribution >= 0.6 is 11.8 Å². The zero-order valence-electron chi connectivity index (χ0n) is 12.7. The lowest BCUT2D eigenvalue weighted by atomic mass is 10.1. The number of carbonyl (C=O) groups is 1. The number of amides is 1. The minimum atomic E-state index is -3.03. The summed E-state index contributed by atoms with van der Waals surface area (Å²) in [4.78, 5) is 18.2. The van der Waals surface area contributed by atoms with Crippen LogP contribution in [-0.2, 0) is 14.6 Å². The first-order valence-corrected chi connectivity index (χ1v) is 9.95. The van der Waals surface area contributed by atoms with Gasteiger partial charge in [-0.25, -0.2) is 13.5 Å². The second-order valence-corrected chi connectivity index (χ2v) is 8.58. The van der Waals surface area contributed by atoms with E-state index in [0.29, 0.717) is 11.6 Å². The van der Waals surface area contributed by atoms with Crippen molar-refractivity contribution in [2.75, 3.05) is 23.0 Å². The van der Waals surface area contributed by atoms with Crippen molar-refractivity contribution in [3.8, 4) is 0 Å². The molecule has 8 nitrogen and oxygen atoms in total. The Bertz CT molecular complexity index is 630. The van der Waals surface area contributed by atoms with Gasteiger partial charge in [-0.15, -0.1) is 5.10 Å². The van der Waals surface area contributed by atoms with Crippen LogP contribution in [0.15, 0.2) is 5.16 Å². The molecule has 1 aromatic rings. The van der Waals surface area contributed by atoms with Crippen molar-refractivity contribution >= 4 is 33.5 Å². The molecule has 10 heteroatoms. The van der Waals surface area contributed by atoms with Crippen molar-refractivity contribution in [1.29, 1.82) is 0 Å². The maximum Gasteiger partial charge on any atom is 0.233 e. The van der Waals surface area contributed by atoms with Gasteiger partial charge in [-0.3, -0.25) is 4.79 Å². The van der Waals surface area contributed by atoms with Gasteiger partial charge in [-0.2, -0.15) is 4.98 Å². The minimum absolute atomic E-state index is 0.00334. The van der Waals surface area contributed by atoms with Crippen LogP contribution in [0.3, 0.4) is 0 Å². The summed E-state index contributed by atoms with van der Waals surface area (Å²) in [5.41, 5.74) is 5.44. The largest absolute Gasteiger partial charge is 0.368 e. The number of hydrogen-bond acceptors (Lipinski definition) is 7. The number of thioether (sulfide) groups is 1. The number of aromatic nitrogens is 3. The van der Waals surface area contributed by atoms with Crippen LogP contribution in [0.4, 0.5) is 5.95 Å². The summed E-state index contributed by atoms with van der Waals surface area (Å²) in [5.74, 6) is 0.489. The molecule has 1 aromatic heterocycles. The Morgan fingerprint density at radius 2 is 2.32 bits per heavy atom. The Morgan fingerprint density at radius 1 is 1.59 bits per heavy atom. The van der Waals surface area contributed by atoms with E-state index in [4.69, 9.17) is 5.73 Å². The van der Waals surface area contributed by atoms with E-state index in [1.807, 2.05) is 13.8 Å². The van der Waals surface area contributed by atoms with Crippen molar-refractivity contribution in [2.45, 2.75) is 43.9 Å². The lowest BCUT2D eigenvalue weighted by molar-refractivity contribution is -0.132. The number of sulfone groups is 1. The summed E-state index contributed by atoms with van der Waals surface area (Å²) in [6, 6.07) is -0.228. The number of rotatable bonds is 6. The molecule has 0 aromatic carbocycles. The fourth-order valence-electron chi connectivity index (χ4n) is 2.52. The summed E-state index contributed by atoms with van der Waals surface area (Å²) in [7, 11) is -3.03. The predicted molar refractivity (Wildman–Crippen MR) is 85.2 cm³/mol. The molecule has 1 amide bonds. The molecule has 1 saturated heterocycles. The third-order valence-electron chi connectivity index (χ3n) is 3.76. The molecular weight excluding hydrogens is 326 g/mol. The molecule has 0 bridgehead atoms. The Morgan fingerprint density at radius 3 is 2.82 bits per heavy atom. The summed E-state index contributed by atoms with van der Waals surface area (Å²) in [5, 5.41) is 6.79. The van der Waals surface area contributed by atoms with Gasteiger partial charge in [0.05, 0.1) is 17.3 Å². The van der Waals surface area contributed by atoms with Crippen LogP contribution < -0.4 is 5.73 Å². The van der Waals surface area contributed by atoms with Crippen molar-refractivity contribution in [2.24, 2.45) is 0 Å². The van der Waals surface area contributed by atoms with Crippen LogP contribution in [0.5, 0.6) is 0 Å². The first kappa shape index (κ1) is 17.1. The van der Waals surface area contributed by atoms with Crippen LogP contribution in [0, 0.1) is 0 Å². The molecule has 1 aliphatic rings. The zero-order chi connectivity index (χ0) is 16.3. The number of hydrogen-bond donors (Lipinski definition) is 2. The van der Waals surface area contributed by atoms with Gasteiger partial charge in [0, 0.05) is 12.1 Å². The number of H-pyrrole nitrogens is 1. The quantitative estimate of drug-likeness (QED) is 0.709. The first-order valence-electron chi connectivity index (χ1n) is 7.14. The smallest absolute Gasteiger partial charge is 0.233 e. The van der Waals surface area contributed by atoms with Crippen molar-refractivity contribution in [1.82, 2.24) is 20.1 Å². The molecule has 0 aliphatic carbocycles. The molecule has 1 aliphatic heterocycles. The van der Waals surface area contributed by atoms with E-state index in [1.54, 1.807) is 4.90 Å². The maximum atomic E-state index is 12.5. The summed E-state index contributed by atoms with van der Waals surface area (Å²) in [6.45, 7) is 3.93. The van der Waals surface area contributed by atoms with Gasteiger partial charge in [0.1, 0.15) is 0 Å². The second kappa shape index (κ2) is 6.86. The Hall–Kier alpha value is -1.29. The average Bonchev–Trinajstić information content (AvgIpc) is 3.02. The predicted octanol–water partition coefficient (Wildman–Crippen LogP) is 0.293. The summed E-state index contributed by atoms with van der Waals surface area (Å²) in [6.07, 6.45) is 1.29. The van der Waals surface area contributed by atoms with Crippen LogP contribution in [0.25, 0.3) is 0 Å². The number of aromatic amines is 1. The van der Waals surface area contributed by atoms with Crippen LogP contribution in [0.2, 0.25) is 0 Å². The highest BCUT2D eigenvalue weighted by Gasteiger charge is 2.36. The molecule has 3 N–H and O–H groups in total. The van der Waals surface area contributed by atoms with E-state index in [2.05, 4.69) is 15.2 Å². The Balaban J connectivity index is 2.03. The number of nitrogens with zero attached hydrogens (tertiary/aromatic N) is 3. The topological polar surface area (TPSA) is 122 Å². The van der Waals surface area contributed by atoms with Crippen molar-refractivity contribution in [3.63, 3.8) is 0 Å². The molecule has 0 spiro atoms. The Kier molecular flexibility index (Phi) is 5.32. The van der Waals surface area contributed by atoms with Crippen molar-refractivity contribution in [3.05, 3.63) is 0 Å². The van der Waals surface area contributed by atoms with E-state index in [1.165, 1.54) is 11.8 Å². The number of carbonyl (C=O) groups excluding carboxylic acids is 1. The lowest BCUT2D eigenvalue weighted by Gasteiger charge is -2.33. The number of nitrogen functional groups attached to an aromatic ring is 1. The van der Waals surface area contributed by atoms with Crippen LogP contribution in [-0.4, -0.2) is 63.7 Å². The van der Waals surface area contributed by atoms with E-state index in [-0.39, 0.29) is 41.2 Å². The third-order valence-corrected chi connectivity index (χ3v) is 6.34. The van der Waals surface area contributed by atoms with Gasteiger partial charge in [0.25, 0.3) is 0 Å². The molecule has 0 unspecified atom stereocenters. The first-order chi connectivity index (χ1) is 10.3.